The Bertz CT molecular complexity index is 777. The average molecular weight is 350 g/mol. The number of benzene rings is 2. The van der Waals surface area contributed by atoms with Crippen LogP contribution < -0.4 is 4.74 Å². The highest BCUT2D eigenvalue weighted by molar-refractivity contribution is 6.31. The Labute approximate surface area is 143 Å². The predicted molar refractivity (Wildman–Crippen MR) is 88.0 cm³/mol. The number of hydrogen-bond donors (Lipinski definition) is 1. The maximum absolute atomic E-state index is 10.3. The Kier molecular flexibility index (Phi) is 4.81. The van der Waals surface area contributed by atoms with E-state index in [1.807, 2.05) is 0 Å². The molecule has 1 N–H and O–H groups in total. The van der Waals surface area contributed by atoms with Crippen molar-refractivity contribution in [2.45, 2.75) is 12.6 Å². The molecule has 0 fully saturated rings. The van der Waals surface area contributed by atoms with Crippen LogP contribution in [-0.4, -0.2) is 19.9 Å². The molecule has 0 bridgehead atoms. The van der Waals surface area contributed by atoms with Gasteiger partial charge in [-0.15, -0.1) is 0 Å². The molecule has 0 amide bonds. The van der Waals surface area contributed by atoms with E-state index in [0.717, 1.165) is 0 Å². The van der Waals surface area contributed by atoms with Crippen molar-refractivity contribution in [1.82, 2.24) is 14.8 Å². The van der Waals surface area contributed by atoms with Gasteiger partial charge in [-0.25, -0.2) is 4.98 Å². The van der Waals surface area contributed by atoms with E-state index < -0.39 is 6.10 Å². The molecule has 0 radical (unpaired) electrons. The summed E-state index contributed by atoms with van der Waals surface area (Å²) in [5, 5.41) is 15.3. The van der Waals surface area contributed by atoms with Gasteiger partial charge in [-0.3, -0.25) is 4.68 Å². The van der Waals surface area contributed by atoms with Gasteiger partial charge in [-0.05, 0) is 36.4 Å². The van der Waals surface area contributed by atoms with Crippen LogP contribution in [0.4, 0.5) is 0 Å². The fourth-order valence-electron chi connectivity index (χ4n) is 2.08. The third-order valence-electron chi connectivity index (χ3n) is 3.21. The molecule has 0 saturated heterocycles. The molecule has 3 aromatic rings. The quantitative estimate of drug-likeness (QED) is 0.752. The van der Waals surface area contributed by atoms with Gasteiger partial charge < -0.3 is 9.84 Å². The van der Waals surface area contributed by atoms with Crippen LogP contribution in [0.25, 0.3) is 0 Å². The summed E-state index contributed by atoms with van der Waals surface area (Å²) in [4.78, 5) is 3.84. The first-order valence-electron chi connectivity index (χ1n) is 6.85. The largest absolute Gasteiger partial charge is 0.457 e. The van der Waals surface area contributed by atoms with Gasteiger partial charge in [-0.1, -0.05) is 29.3 Å². The Morgan fingerprint density at radius 3 is 2.48 bits per heavy atom. The summed E-state index contributed by atoms with van der Waals surface area (Å²) >= 11 is 12.1. The molecule has 0 saturated carbocycles. The summed E-state index contributed by atoms with van der Waals surface area (Å²) in [7, 11) is 0. The van der Waals surface area contributed by atoms with E-state index in [0.29, 0.717) is 27.1 Å². The molecule has 2 aromatic carbocycles. The van der Waals surface area contributed by atoms with E-state index in [1.165, 1.54) is 12.7 Å². The fourth-order valence-corrected chi connectivity index (χ4v) is 2.51. The monoisotopic (exact) mass is 349 g/mol. The molecule has 0 aliphatic carbocycles. The zero-order valence-electron chi connectivity index (χ0n) is 11.9. The predicted octanol–water partition coefficient (Wildman–Crippen LogP) is 4.11. The number of rotatable bonds is 5. The summed E-state index contributed by atoms with van der Waals surface area (Å²) < 4.78 is 7.24. The second-order valence-electron chi connectivity index (χ2n) is 4.87. The van der Waals surface area contributed by atoms with Gasteiger partial charge in [0.05, 0.1) is 11.6 Å². The highest BCUT2D eigenvalue weighted by atomic mass is 35.5. The van der Waals surface area contributed by atoms with E-state index in [-0.39, 0.29) is 6.54 Å². The third-order valence-corrected chi connectivity index (χ3v) is 3.79. The fraction of sp³-hybridized carbons (Fsp3) is 0.125. The Morgan fingerprint density at radius 2 is 1.83 bits per heavy atom. The molecule has 0 aliphatic rings. The molecular weight excluding hydrogens is 337 g/mol. The van der Waals surface area contributed by atoms with Crippen LogP contribution in [0.5, 0.6) is 11.5 Å². The second kappa shape index (κ2) is 7.00. The van der Waals surface area contributed by atoms with Crippen LogP contribution in [0, 0.1) is 0 Å². The van der Waals surface area contributed by atoms with Crippen LogP contribution in [0.3, 0.4) is 0 Å². The van der Waals surface area contributed by atoms with E-state index in [1.54, 1.807) is 47.1 Å². The van der Waals surface area contributed by atoms with Crippen molar-refractivity contribution < 1.29 is 9.84 Å². The molecule has 7 heteroatoms. The summed E-state index contributed by atoms with van der Waals surface area (Å²) in [6.07, 6.45) is 2.17. The molecule has 1 atom stereocenters. The summed E-state index contributed by atoms with van der Waals surface area (Å²) in [6.45, 7) is 0.275. The Balaban J connectivity index is 1.73. The standard InChI is InChI=1S/C16H13Cl2N3O2/c17-11-1-3-12(4-2-11)23-13-5-6-14(15(18)7-13)16(22)8-21-10-19-9-20-21/h1-7,9-10,16,22H,8H2/t16-/m0/s1. The highest BCUT2D eigenvalue weighted by Crippen LogP contribution is 2.31. The van der Waals surface area contributed by atoms with Crippen LogP contribution in [-0.2, 0) is 6.54 Å². The van der Waals surface area contributed by atoms with Crippen molar-refractivity contribution in [2.24, 2.45) is 0 Å². The summed E-state index contributed by atoms with van der Waals surface area (Å²) in [5.41, 5.74) is 0.602. The molecule has 5 nitrogen and oxygen atoms in total. The number of ether oxygens (including phenoxy) is 1. The zero-order valence-corrected chi connectivity index (χ0v) is 13.4. The first kappa shape index (κ1) is 15.8. The number of hydrogen-bond acceptors (Lipinski definition) is 4. The average Bonchev–Trinajstić information content (AvgIpc) is 3.02. The smallest absolute Gasteiger partial charge is 0.137 e. The second-order valence-corrected chi connectivity index (χ2v) is 5.72. The Morgan fingerprint density at radius 1 is 1.09 bits per heavy atom. The van der Waals surface area contributed by atoms with Crippen molar-refractivity contribution in [3.8, 4) is 11.5 Å². The van der Waals surface area contributed by atoms with Gasteiger partial charge in [0.15, 0.2) is 0 Å². The lowest BCUT2D eigenvalue weighted by molar-refractivity contribution is 0.151. The maximum Gasteiger partial charge on any atom is 0.137 e. The van der Waals surface area contributed by atoms with Crippen molar-refractivity contribution in [3.63, 3.8) is 0 Å². The number of nitrogens with zero attached hydrogens (tertiary/aromatic N) is 3. The molecule has 3 rings (SSSR count). The minimum Gasteiger partial charge on any atom is -0.457 e. The minimum atomic E-state index is -0.784. The molecule has 1 aromatic heterocycles. The molecule has 0 spiro atoms. The number of aromatic nitrogens is 3. The van der Waals surface area contributed by atoms with Crippen LogP contribution in [0.2, 0.25) is 10.0 Å². The van der Waals surface area contributed by atoms with Crippen molar-refractivity contribution in [1.29, 1.82) is 0 Å². The number of aliphatic hydroxyl groups is 1. The zero-order chi connectivity index (χ0) is 16.2. The first-order valence-corrected chi connectivity index (χ1v) is 7.61. The van der Waals surface area contributed by atoms with E-state index >= 15 is 0 Å². The lowest BCUT2D eigenvalue weighted by Crippen LogP contribution is -2.09. The third kappa shape index (κ3) is 4.01. The van der Waals surface area contributed by atoms with Gasteiger partial charge in [0.25, 0.3) is 0 Å². The normalized spacial score (nSPS) is 12.1. The lowest BCUT2D eigenvalue weighted by Gasteiger charge is -2.14. The van der Waals surface area contributed by atoms with Gasteiger partial charge in [0.2, 0.25) is 0 Å². The van der Waals surface area contributed by atoms with Crippen molar-refractivity contribution in [3.05, 3.63) is 70.7 Å². The summed E-state index contributed by atoms with van der Waals surface area (Å²) in [5.74, 6) is 1.23. The lowest BCUT2D eigenvalue weighted by atomic mass is 10.1. The molecule has 0 unspecified atom stereocenters. The van der Waals surface area contributed by atoms with Crippen molar-refractivity contribution >= 4 is 23.2 Å². The van der Waals surface area contributed by atoms with E-state index in [4.69, 9.17) is 27.9 Å². The van der Waals surface area contributed by atoms with Crippen LogP contribution in [0.15, 0.2) is 55.1 Å². The summed E-state index contributed by atoms with van der Waals surface area (Å²) in [6, 6.07) is 12.2. The van der Waals surface area contributed by atoms with Gasteiger partial charge in [0.1, 0.15) is 30.3 Å². The molecule has 118 valence electrons. The van der Waals surface area contributed by atoms with Crippen LogP contribution >= 0.6 is 23.2 Å². The van der Waals surface area contributed by atoms with Gasteiger partial charge in [-0.2, -0.15) is 5.10 Å². The van der Waals surface area contributed by atoms with Crippen molar-refractivity contribution in [2.75, 3.05) is 0 Å². The van der Waals surface area contributed by atoms with Gasteiger partial charge in [0, 0.05) is 10.6 Å². The maximum atomic E-state index is 10.3. The van der Waals surface area contributed by atoms with E-state index in [9.17, 15) is 5.11 Å². The van der Waals surface area contributed by atoms with E-state index in [2.05, 4.69) is 10.1 Å². The number of aliphatic hydroxyl groups excluding tert-OH is 1. The molecule has 23 heavy (non-hydrogen) atoms. The minimum absolute atomic E-state index is 0.275. The number of halogens is 2. The first-order chi connectivity index (χ1) is 11.1. The molecule has 1 heterocycles. The SMILES string of the molecule is O[C@@H](Cn1cncn1)c1ccc(Oc2ccc(Cl)cc2)cc1Cl. The topological polar surface area (TPSA) is 60.2 Å². The highest BCUT2D eigenvalue weighted by Gasteiger charge is 2.14. The van der Waals surface area contributed by atoms with Crippen LogP contribution in [0.1, 0.15) is 11.7 Å². The Hall–Kier alpha value is -2.08. The molecular formula is C16H13Cl2N3O2. The van der Waals surface area contributed by atoms with Gasteiger partial charge >= 0.3 is 0 Å². The molecule has 0 aliphatic heterocycles.